The summed E-state index contributed by atoms with van der Waals surface area (Å²) in [7, 11) is 0. The van der Waals surface area contributed by atoms with Crippen molar-refractivity contribution in [1.29, 1.82) is 0 Å². The van der Waals surface area contributed by atoms with E-state index in [-0.39, 0.29) is 5.41 Å². The van der Waals surface area contributed by atoms with Gasteiger partial charge in [0.15, 0.2) is 0 Å². The predicted molar refractivity (Wildman–Crippen MR) is 44.2 cm³/mol. The standard InChI is InChI=1S/C10H16O/c1-7-3-4-8-9(5-7)10(8,2)6-11/h6-9H,3-5H2,1-2H3/t7?,8-,9+,10?/m1/s1. The van der Waals surface area contributed by atoms with E-state index in [0.717, 1.165) is 17.8 Å². The zero-order valence-corrected chi connectivity index (χ0v) is 7.34. The summed E-state index contributed by atoms with van der Waals surface area (Å²) in [5.74, 6) is 2.35. The molecule has 0 aromatic carbocycles. The molecule has 2 unspecified atom stereocenters. The third-order valence-corrected chi connectivity index (χ3v) is 3.86. The van der Waals surface area contributed by atoms with E-state index < -0.39 is 0 Å². The Labute approximate surface area is 68.2 Å². The second-order valence-electron chi connectivity index (χ2n) is 4.62. The number of fused-ring (bicyclic) bond motifs is 1. The van der Waals surface area contributed by atoms with Gasteiger partial charge in [0, 0.05) is 5.41 Å². The Morgan fingerprint density at radius 3 is 2.64 bits per heavy atom. The third-order valence-electron chi connectivity index (χ3n) is 3.86. The van der Waals surface area contributed by atoms with E-state index in [2.05, 4.69) is 13.8 Å². The fraction of sp³-hybridized carbons (Fsp3) is 0.900. The first-order valence-corrected chi connectivity index (χ1v) is 4.65. The van der Waals surface area contributed by atoms with Gasteiger partial charge >= 0.3 is 0 Å². The lowest BCUT2D eigenvalue weighted by Crippen LogP contribution is -2.03. The van der Waals surface area contributed by atoms with Gasteiger partial charge in [-0.2, -0.15) is 0 Å². The molecule has 0 aromatic heterocycles. The molecule has 1 nitrogen and oxygen atoms in total. The van der Waals surface area contributed by atoms with Crippen LogP contribution in [0.15, 0.2) is 0 Å². The first-order chi connectivity index (χ1) is 5.18. The van der Waals surface area contributed by atoms with Gasteiger partial charge in [-0.25, -0.2) is 0 Å². The van der Waals surface area contributed by atoms with E-state index in [1.807, 2.05) is 0 Å². The molecule has 0 spiro atoms. The Bertz CT molecular complexity index is 187. The van der Waals surface area contributed by atoms with Gasteiger partial charge in [0.2, 0.25) is 0 Å². The number of hydrogen-bond donors (Lipinski definition) is 0. The van der Waals surface area contributed by atoms with E-state index in [1.165, 1.54) is 25.5 Å². The van der Waals surface area contributed by atoms with Crippen molar-refractivity contribution in [1.82, 2.24) is 0 Å². The molecule has 4 atom stereocenters. The molecule has 2 rings (SSSR count). The summed E-state index contributed by atoms with van der Waals surface area (Å²) in [4.78, 5) is 10.8. The summed E-state index contributed by atoms with van der Waals surface area (Å²) in [5.41, 5.74) is 0.0881. The summed E-state index contributed by atoms with van der Waals surface area (Å²) < 4.78 is 0. The maximum Gasteiger partial charge on any atom is 0.126 e. The monoisotopic (exact) mass is 152 g/mol. The highest BCUT2D eigenvalue weighted by Crippen LogP contribution is 2.64. The molecular weight excluding hydrogens is 136 g/mol. The predicted octanol–water partition coefficient (Wildman–Crippen LogP) is 2.26. The van der Waals surface area contributed by atoms with Crippen LogP contribution in [0.1, 0.15) is 33.1 Å². The Morgan fingerprint density at radius 1 is 1.36 bits per heavy atom. The SMILES string of the molecule is CC1CC[C@@H]2[C@H](C1)C2(C)C=O. The lowest BCUT2D eigenvalue weighted by Gasteiger charge is -2.14. The Morgan fingerprint density at radius 2 is 2.09 bits per heavy atom. The van der Waals surface area contributed by atoms with Crippen molar-refractivity contribution in [3.8, 4) is 0 Å². The highest BCUT2D eigenvalue weighted by molar-refractivity contribution is 5.65. The van der Waals surface area contributed by atoms with Crippen LogP contribution in [0.25, 0.3) is 0 Å². The highest BCUT2D eigenvalue weighted by atomic mass is 16.1. The average molecular weight is 152 g/mol. The van der Waals surface area contributed by atoms with Crippen molar-refractivity contribution in [3.05, 3.63) is 0 Å². The lowest BCUT2D eigenvalue weighted by molar-refractivity contribution is -0.112. The van der Waals surface area contributed by atoms with Crippen molar-refractivity contribution in [2.45, 2.75) is 33.1 Å². The molecule has 0 aromatic rings. The average Bonchev–Trinajstić information content (AvgIpc) is 2.58. The molecule has 0 bridgehead atoms. The molecule has 2 aliphatic carbocycles. The molecule has 0 saturated heterocycles. The molecule has 2 saturated carbocycles. The fourth-order valence-corrected chi connectivity index (χ4v) is 2.84. The molecule has 0 N–H and O–H groups in total. The number of aldehydes is 1. The van der Waals surface area contributed by atoms with Crippen LogP contribution in [0.3, 0.4) is 0 Å². The minimum Gasteiger partial charge on any atom is -0.303 e. The Kier molecular flexibility index (Phi) is 1.39. The molecule has 0 amide bonds. The van der Waals surface area contributed by atoms with Crippen LogP contribution < -0.4 is 0 Å². The van der Waals surface area contributed by atoms with Crippen LogP contribution in [-0.4, -0.2) is 6.29 Å². The fourth-order valence-electron chi connectivity index (χ4n) is 2.84. The second-order valence-corrected chi connectivity index (χ2v) is 4.62. The topological polar surface area (TPSA) is 17.1 Å². The summed E-state index contributed by atoms with van der Waals surface area (Å²) in [6.45, 7) is 4.44. The molecule has 11 heavy (non-hydrogen) atoms. The minimum absolute atomic E-state index is 0.0881. The van der Waals surface area contributed by atoms with Gasteiger partial charge in [0.05, 0.1) is 0 Å². The maximum atomic E-state index is 10.8. The zero-order chi connectivity index (χ0) is 8.06. The van der Waals surface area contributed by atoms with Gasteiger partial charge in [0.25, 0.3) is 0 Å². The molecule has 2 fully saturated rings. The quantitative estimate of drug-likeness (QED) is 0.527. The van der Waals surface area contributed by atoms with Gasteiger partial charge < -0.3 is 4.79 Å². The van der Waals surface area contributed by atoms with Crippen LogP contribution >= 0.6 is 0 Å². The Balaban J connectivity index is 2.08. The molecule has 1 heteroatoms. The van der Waals surface area contributed by atoms with E-state index in [9.17, 15) is 4.79 Å². The summed E-state index contributed by atoms with van der Waals surface area (Å²) >= 11 is 0. The number of hydrogen-bond acceptors (Lipinski definition) is 1. The van der Waals surface area contributed by atoms with Crippen LogP contribution in [0.2, 0.25) is 0 Å². The normalized spacial score (nSPS) is 54.9. The van der Waals surface area contributed by atoms with Crippen LogP contribution in [0.5, 0.6) is 0 Å². The van der Waals surface area contributed by atoms with E-state index >= 15 is 0 Å². The van der Waals surface area contributed by atoms with E-state index in [1.54, 1.807) is 0 Å². The minimum atomic E-state index is 0.0881. The van der Waals surface area contributed by atoms with Crippen LogP contribution in [-0.2, 0) is 4.79 Å². The van der Waals surface area contributed by atoms with Crippen molar-refractivity contribution >= 4 is 6.29 Å². The second kappa shape index (κ2) is 2.09. The smallest absolute Gasteiger partial charge is 0.126 e. The Hall–Kier alpha value is -0.330. The first-order valence-electron chi connectivity index (χ1n) is 4.65. The van der Waals surface area contributed by atoms with Gasteiger partial charge in [0.1, 0.15) is 6.29 Å². The molecule has 2 aliphatic rings. The third kappa shape index (κ3) is 0.863. The van der Waals surface area contributed by atoms with Crippen molar-refractivity contribution in [3.63, 3.8) is 0 Å². The number of carbonyl (C=O) groups excluding carboxylic acids is 1. The van der Waals surface area contributed by atoms with E-state index in [0.29, 0.717) is 0 Å². The summed E-state index contributed by atoms with van der Waals surface area (Å²) in [6.07, 6.45) is 5.12. The van der Waals surface area contributed by atoms with Gasteiger partial charge in [-0.3, -0.25) is 0 Å². The van der Waals surface area contributed by atoms with Crippen molar-refractivity contribution in [2.24, 2.45) is 23.2 Å². The van der Waals surface area contributed by atoms with Crippen LogP contribution in [0, 0.1) is 23.2 Å². The molecule has 0 aliphatic heterocycles. The van der Waals surface area contributed by atoms with E-state index in [4.69, 9.17) is 0 Å². The van der Waals surface area contributed by atoms with Gasteiger partial charge in [-0.1, -0.05) is 20.3 Å². The summed E-state index contributed by atoms with van der Waals surface area (Å²) in [5, 5.41) is 0. The van der Waals surface area contributed by atoms with Crippen molar-refractivity contribution in [2.75, 3.05) is 0 Å². The van der Waals surface area contributed by atoms with Crippen LogP contribution in [0.4, 0.5) is 0 Å². The van der Waals surface area contributed by atoms with Crippen molar-refractivity contribution < 1.29 is 4.79 Å². The molecule has 0 radical (unpaired) electrons. The first kappa shape index (κ1) is 7.33. The zero-order valence-electron chi connectivity index (χ0n) is 7.34. The maximum absolute atomic E-state index is 10.8. The number of rotatable bonds is 1. The largest absolute Gasteiger partial charge is 0.303 e. The molecular formula is C10H16O. The van der Waals surface area contributed by atoms with Gasteiger partial charge in [-0.15, -0.1) is 0 Å². The highest BCUT2D eigenvalue weighted by Gasteiger charge is 2.61. The summed E-state index contributed by atoms with van der Waals surface area (Å²) in [6, 6.07) is 0. The molecule has 62 valence electrons. The van der Waals surface area contributed by atoms with Gasteiger partial charge in [-0.05, 0) is 30.6 Å². The number of carbonyl (C=O) groups is 1. The molecule has 0 heterocycles. The lowest BCUT2D eigenvalue weighted by atomic mass is 9.91.